The molecule has 4 rings (SSSR count). The second-order valence-corrected chi connectivity index (χ2v) is 7.22. The van der Waals surface area contributed by atoms with Crippen molar-refractivity contribution in [3.63, 3.8) is 0 Å². The van der Waals surface area contributed by atoms with Crippen LogP contribution in [0.5, 0.6) is 0 Å². The third-order valence-electron chi connectivity index (χ3n) is 4.65. The van der Waals surface area contributed by atoms with E-state index in [0.29, 0.717) is 5.69 Å². The number of carbonyl (C=O) groups excluding carboxylic acids is 1. The number of hydrogen-bond donors (Lipinski definition) is 1. The molecule has 5 nitrogen and oxygen atoms in total. The normalized spacial score (nSPS) is 16.8. The first-order chi connectivity index (χ1) is 11.7. The zero-order valence-corrected chi connectivity index (χ0v) is 14.4. The lowest BCUT2D eigenvalue weighted by Crippen LogP contribution is -2.32. The van der Waals surface area contributed by atoms with Crippen molar-refractivity contribution >= 4 is 17.2 Å². The maximum Gasteiger partial charge on any atom is 0.268 e. The molecule has 24 heavy (non-hydrogen) atoms. The second kappa shape index (κ2) is 6.28. The molecule has 1 aliphatic carbocycles. The fourth-order valence-electron chi connectivity index (χ4n) is 3.42. The summed E-state index contributed by atoms with van der Waals surface area (Å²) in [5.74, 6) is -0.0155. The molecule has 1 aliphatic rings. The van der Waals surface area contributed by atoms with E-state index in [0.717, 1.165) is 31.4 Å². The summed E-state index contributed by atoms with van der Waals surface area (Å²) in [6.45, 7) is 0.732. The summed E-state index contributed by atoms with van der Waals surface area (Å²) in [6.07, 6.45) is 6.94. The number of fused-ring (bicyclic) bond motifs is 1. The number of aryl methyl sites for hydroxylation is 1. The van der Waals surface area contributed by atoms with E-state index in [9.17, 15) is 4.79 Å². The molecule has 0 saturated heterocycles. The zero-order valence-electron chi connectivity index (χ0n) is 13.6. The lowest BCUT2D eigenvalue weighted by molar-refractivity contribution is 0.0923. The van der Waals surface area contributed by atoms with E-state index in [1.165, 1.54) is 10.6 Å². The van der Waals surface area contributed by atoms with Gasteiger partial charge < -0.3 is 9.88 Å². The maximum absolute atomic E-state index is 12.8. The molecule has 124 valence electrons. The molecule has 3 heterocycles. The molecule has 1 N–H and O–H groups in total. The van der Waals surface area contributed by atoms with Crippen LogP contribution in [-0.2, 0) is 20.0 Å². The van der Waals surface area contributed by atoms with Crippen LogP contribution >= 0.6 is 11.3 Å². The molecule has 0 bridgehead atoms. The minimum absolute atomic E-state index is 0.0155. The van der Waals surface area contributed by atoms with Gasteiger partial charge in [0.2, 0.25) is 0 Å². The summed E-state index contributed by atoms with van der Waals surface area (Å²) in [6, 6.07) is 8.00. The number of aromatic nitrogens is 3. The molecule has 3 aromatic rings. The summed E-state index contributed by atoms with van der Waals surface area (Å²) in [5.41, 5.74) is 3.10. The van der Waals surface area contributed by atoms with Gasteiger partial charge in [0, 0.05) is 29.4 Å². The van der Waals surface area contributed by atoms with E-state index in [1.54, 1.807) is 11.3 Å². The van der Waals surface area contributed by atoms with Gasteiger partial charge in [-0.25, -0.2) is 0 Å². The largest absolute Gasteiger partial charge is 0.344 e. The summed E-state index contributed by atoms with van der Waals surface area (Å²) >= 11 is 1.71. The average Bonchev–Trinajstić information content (AvgIpc) is 3.31. The van der Waals surface area contributed by atoms with E-state index in [1.807, 2.05) is 46.9 Å². The predicted octanol–water partition coefficient (Wildman–Crippen LogP) is 3.14. The lowest BCUT2D eigenvalue weighted by atomic mass is 9.93. The monoisotopic (exact) mass is 340 g/mol. The van der Waals surface area contributed by atoms with Crippen molar-refractivity contribution in [1.82, 2.24) is 19.7 Å². The molecule has 0 aliphatic heterocycles. The van der Waals surface area contributed by atoms with Gasteiger partial charge in [-0.2, -0.15) is 5.10 Å². The Morgan fingerprint density at radius 3 is 3.17 bits per heavy atom. The smallest absolute Gasteiger partial charge is 0.268 e. The van der Waals surface area contributed by atoms with Crippen LogP contribution in [0.15, 0.2) is 42.0 Å². The van der Waals surface area contributed by atoms with E-state index < -0.39 is 0 Å². The Labute approximate surface area is 144 Å². The van der Waals surface area contributed by atoms with Gasteiger partial charge in [0.1, 0.15) is 5.69 Å². The first-order valence-electron chi connectivity index (χ1n) is 8.21. The molecule has 0 unspecified atom stereocenters. The Balaban J connectivity index is 1.53. The van der Waals surface area contributed by atoms with Crippen LogP contribution in [0.3, 0.4) is 0 Å². The molecule has 0 saturated carbocycles. The Kier molecular flexibility index (Phi) is 3.98. The van der Waals surface area contributed by atoms with Gasteiger partial charge in [0.25, 0.3) is 5.91 Å². The predicted molar refractivity (Wildman–Crippen MR) is 94.2 cm³/mol. The first-order valence-corrected chi connectivity index (χ1v) is 9.09. The molecule has 1 atom stereocenters. The van der Waals surface area contributed by atoms with E-state index >= 15 is 0 Å². The highest BCUT2D eigenvalue weighted by atomic mass is 32.1. The zero-order chi connectivity index (χ0) is 16.5. The van der Waals surface area contributed by atoms with E-state index in [-0.39, 0.29) is 11.9 Å². The quantitative estimate of drug-likeness (QED) is 0.793. The third-order valence-corrected chi connectivity index (χ3v) is 5.51. The van der Waals surface area contributed by atoms with Crippen LogP contribution in [0.4, 0.5) is 0 Å². The molecule has 0 fully saturated rings. The number of nitrogens with zero attached hydrogens (tertiary/aromatic N) is 3. The second-order valence-electron chi connectivity index (χ2n) is 6.19. The van der Waals surface area contributed by atoms with Crippen molar-refractivity contribution in [3.05, 3.63) is 63.9 Å². The van der Waals surface area contributed by atoms with Crippen molar-refractivity contribution < 1.29 is 4.79 Å². The van der Waals surface area contributed by atoms with Crippen molar-refractivity contribution in [3.8, 4) is 0 Å². The number of carbonyl (C=O) groups is 1. The third kappa shape index (κ3) is 2.78. The number of amides is 1. The van der Waals surface area contributed by atoms with Crippen LogP contribution in [0, 0.1) is 0 Å². The van der Waals surface area contributed by atoms with Gasteiger partial charge in [-0.1, -0.05) is 6.07 Å². The van der Waals surface area contributed by atoms with E-state index in [4.69, 9.17) is 0 Å². The van der Waals surface area contributed by atoms with Gasteiger partial charge in [-0.05, 0) is 42.8 Å². The highest BCUT2D eigenvalue weighted by Gasteiger charge is 2.25. The fraction of sp³-hybridized carbons (Fsp3) is 0.333. The summed E-state index contributed by atoms with van der Waals surface area (Å²) in [7, 11) is 1.97. The van der Waals surface area contributed by atoms with Crippen molar-refractivity contribution in [2.75, 3.05) is 0 Å². The molecule has 0 aromatic carbocycles. The van der Waals surface area contributed by atoms with Gasteiger partial charge in [-0.15, -0.1) is 11.3 Å². The Morgan fingerprint density at radius 2 is 2.33 bits per heavy atom. The average molecular weight is 340 g/mol. The number of nitrogens with one attached hydrogen (secondary N) is 1. The maximum atomic E-state index is 12.8. The minimum Gasteiger partial charge on any atom is -0.344 e. The molecular weight excluding hydrogens is 320 g/mol. The first kappa shape index (κ1) is 15.2. The van der Waals surface area contributed by atoms with Crippen LogP contribution in [-0.4, -0.2) is 20.3 Å². The Bertz CT molecular complexity index is 846. The lowest BCUT2D eigenvalue weighted by Gasteiger charge is -2.24. The van der Waals surface area contributed by atoms with Crippen molar-refractivity contribution in [2.24, 2.45) is 7.05 Å². The van der Waals surface area contributed by atoms with Gasteiger partial charge in [0.15, 0.2) is 0 Å². The van der Waals surface area contributed by atoms with Gasteiger partial charge in [-0.3, -0.25) is 9.48 Å². The van der Waals surface area contributed by atoms with Crippen molar-refractivity contribution in [2.45, 2.75) is 31.8 Å². The number of hydrogen-bond acceptors (Lipinski definition) is 3. The Hall–Kier alpha value is -2.34. The number of rotatable bonds is 4. The standard InChI is InChI=1S/C18H20N4OS/c1-21-16-7-2-6-15(14(16)11-19-21)20-18(23)17-8-3-9-22(17)12-13-5-4-10-24-13/h3-5,8-11,15H,2,6-7,12H2,1H3,(H,20,23)/t15-/m1/s1. The summed E-state index contributed by atoms with van der Waals surface area (Å²) < 4.78 is 3.93. The highest BCUT2D eigenvalue weighted by molar-refractivity contribution is 7.09. The molecule has 3 aromatic heterocycles. The molecule has 1 amide bonds. The van der Waals surface area contributed by atoms with Crippen molar-refractivity contribution in [1.29, 1.82) is 0 Å². The van der Waals surface area contributed by atoms with Crippen LogP contribution < -0.4 is 5.32 Å². The molecule has 0 radical (unpaired) electrons. The topological polar surface area (TPSA) is 51.9 Å². The highest BCUT2D eigenvalue weighted by Crippen LogP contribution is 2.29. The Morgan fingerprint density at radius 1 is 1.42 bits per heavy atom. The van der Waals surface area contributed by atoms with Gasteiger partial charge >= 0.3 is 0 Å². The summed E-state index contributed by atoms with van der Waals surface area (Å²) in [5, 5.41) is 9.61. The minimum atomic E-state index is -0.0155. The van der Waals surface area contributed by atoms with Crippen LogP contribution in [0.25, 0.3) is 0 Å². The molecular formula is C18H20N4OS. The molecule has 0 spiro atoms. The van der Waals surface area contributed by atoms with Crippen LogP contribution in [0.2, 0.25) is 0 Å². The van der Waals surface area contributed by atoms with E-state index in [2.05, 4.69) is 21.9 Å². The fourth-order valence-corrected chi connectivity index (χ4v) is 4.12. The SMILES string of the molecule is Cn1ncc2c1CCC[C@H]2NC(=O)c1cccn1Cc1cccs1. The van der Waals surface area contributed by atoms with Crippen LogP contribution in [0.1, 0.15) is 45.5 Å². The number of thiophene rings is 1. The van der Waals surface area contributed by atoms with Gasteiger partial charge in [0.05, 0.1) is 18.8 Å². The summed E-state index contributed by atoms with van der Waals surface area (Å²) in [4.78, 5) is 14.0. The molecule has 6 heteroatoms.